The summed E-state index contributed by atoms with van der Waals surface area (Å²) in [5, 5.41) is 15.3. The molecule has 34 heavy (non-hydrogen) atoms. The number of halogens is 2. The second-order valence-corrected chi connectivity index (χ2v) is 9.09. The Bertz CT molecular complexity index is 1390. The van der Waals surface area contributed by atoms with Crippen LogP contribution in [-0.4, -0.2) is 17.0 Å². The van der Waals surface area contributed by atoms with Gasteiger partial charge < -0.3 is 9.15 Å². The Morgan fingerprint density at radius 2 is 1.82 bits per heavy atom. The van der Waals surface area contributed by atoms with Gasteiger partial charge in [-0.25, -0.2) is 5.43 Å². The lowest BCUT2D eigenvalue weighted by Crippen LogP contribution is -2.16. The van der Waals surface area contributed by atoms with Crippen LogP contribution < -0.4 is 10.2 Å². The molecule has 172 valence electrons. The van der Waals surface area contributed by atoms with E-state index in [0.717, 1.165) is 14.5 Å². The summed E-state index contributed by atoms with van der Waals surface area (Å²) >= 11 is 7.02. The number of nitrogens with one attached hydrogen (secondary N) is 1. The van der Waals surface area contributed by atoms with E-state index in [4.69, 9.17) is 9.15 Å². The minimum Gasteiger partial charge on any atom is -0.487 e. The second kappa shape index (κ2) is 10.2. The third-order valence-corrected chi connectivity index (χ3v) is 6.02. The molecule has 10 heteroatoms. The highest BCUT2D eigenvalue weighted by Crippen LogP contribution is 2.35. The number of hydrogen-bond donors (Lipinski definition) is 1. The average Bonchev–Trinajstić information content (AvgIpc) is 3.23. The molecule has 1 N–H and O–H groups in total. The molecule has 0 radical (unpaired) electrons. The van der Waals surface area contributed by atoms with Crippen LogP contribution in [0.15, 0.2) is 79.1 Å². The van der Waals surface area contributed by atoms with E-state index in [2.05, 4.69) is 42.4 Å². The van der Waals surface area contributed by atoms with Gasteiger partial charge >= 0.3 is 5.91 Å². The highest BCUT2D eigenvalue weighted by atomic mass is 79.9. The summed E-state index contributed by atoms with van der Waals surface area (Å²) in [6, 6.07) is 17.3. The molecule has 1 heterocycles. The first-order valence-electron chi connectivity index (χ1n) is 9.99. The molecule has 0 spiro atoms. The minimum absolute atomic E-state index is 0.00476. The van der Waals surface area contributed by atoms with Gasteiger partial charge in [0.25, 0.3) is 5.69 Å². The van der Waals surface area contributed by atoms with Crippen molar-refractivity contribution in [2.75, 3.05) is 0 Å². The molecular weight excluding hydrogens is 570 g/mol. The fourth-order valence-electron chi connectivity index (χ4n) is 3.11. The van der Waals surface area contributed by atoms with Crippen molar-refractivity contribution < 1.29 is 18.9 Å². The highest BCUT2D eigenvalue weighted by molar-refractivity contribution is 9.11. The van der Waals surface area contributed by atoms with Gasteiger partial charge in [-0.3, -0.25) is 14.9 Å². The van der Waals surface area contributed by atoms with Crippen LogP contribution in [0.1, 0.15) is 27.2 Å². The van der Waals surface area contributed by atoms with Gasteiger partial charge in [0.1, 0.15) is 17.9 Å². The van der Waals surface area contributed by atoms with E-state index in [-0.39, 0.29) is 11.4 Å². The maximum Gasteiger partial charge on any atom is 0.307 e. The van der Waals surface area contributed by atoms with Gasteiger partial charge in [-0.1, -0.05) is 29.8 Å². The van der Waals surface area contributed by atoms with Crippen LogP contribution >= 0.6 is 31.9 Å². The van der Waals surface area contributed by atoms with E-state index in [9.17, 15) is 14.9 Å². The maximum absolute atomic E-state index is 12.4. The monoisotopic (exact) mass is 585 g/mol. The SMILES string of the molecule is Cc1ccc(COc2c(Br)cc(/C=N/NC(=O)c3cc4cc([N+](=O)[O-])ccc4o3)cc2Br)cc1. The van der Waals surface area contributed by atoms with Crippen molar-refractivity contribution in [2.45, 2.75) is 13.5 Å². The molecule has 1 amide bonds. The predicted molar refractivity (Wildman–Crippen MR) is 135 cm³/mol. The van der Waals surface area contributed by atoms with E-state index in [0.29, 0.717) is 28.9 Å². The fraction of sp³-hybridized carbons (Fsp3) is 0.0833. The summed E-state index contributed by atoms with van der Waals surface area (Å²) in [6.07, 6.45) is 1.48. The van der Waals surface area contributed by atoms with Crippen molar-refractivity contribution in [3.05, 3.63) is 102 Å². The van der Waals surface area contributed by atoms with Crippen molar-refractivity contribution >= 4 is 60.6 Å². The molecule has 0 atom stereocenters. The van der Waals surface area contributed by atoms with Gasteiger partial charge in [0.05, 0.1) is 20.1 Å². The Morgan fingerprint density at radius 1 is 1.12 bits per heavy atom. The zero-order valence-electron chi connectivity index (χ0n) is 17.7. The Kier molecular flexibility index (Phi) is 7.09. The quantitative estimate of drug-likeness (QED) is 0.151. The van der Waals surface area contributed by atoms with Crippen LogP contribution in [0.5, 0.6) is 5.75 Å². The number of benzene rings is 3. The van der Waals surface area contributed by atoms with Crippen LogP contribution in [0.4, 0.5) is 5.69 Å². The Labute approximate surface area is 211 Å². The number of carbonyl (C=O) groups excluding carboxylic acids is 1. The van der Waals surface area contributed by atoms with Gasteiger partial charge in [0.15, 0.2) is 5.76 Å². The third-order valence-electron chi connectivity index (χ3n) is 4.84. The number of fused-ring (bicyclic) bond motifs is 1. The molecule has 4 aromatic rings. The number of non-ortho nitro benzene ring substituents is 1. The van der Waals surface area contributed by atoms with Crippen molar-refractivity contribution in [2.24, 2.45) is 5.10 Å². The lowest BCUT2D eigenvalue weighted by atomic mass is 10.2. The number of amides is 1. The largest absolute Gasteiger partial charge is 0.487 e. The molecule has 0 aliphatic heterocycles. The number of aryl methyl sites for hydroxylation is 1. The molecule has 0 aliphatic carbocycles. The van der Waals surface area contributed by atoms with E-state index in [1.54, 1.807) is 0 Å². The van der Waals surface area contributed by atoms with Crippen LogP contribution in [-0.2, 0) is 6.61 Å². The first-order valence-corrected chi connectivity index (χ1v) is 11.6. The molecule has 4 rings (SSSR count). The van der Waals surface area contributed by atoms with Gasteiger partial charge in [0.2, 0.25) is 0 Å². The number of carbonyl (C=O) groups is 1. The summed E-state index contributed by atoms with van der Waals surface area (Å²) in [6.45, 7) is 2.45. The van der Waals surface area contributed by atoms with E-state index >= 15 is 0 Å². The number of nitro benzene ring substituents is 1. The van der Waals surface area contributed by atoms with Crippen molar-refractivity contribution in [3.63, 3.8) is 0 Å². The van der Waals surface area contributed by atoms with Crippen molar-refractivity contribution in [1.82, 2.24) is 5.43 Å². The summed E-state index contributed by atoms with van der Waals surface area (Å²) in [7, 11) is 0. The normalized spacial score (nSPS) is 11.1. The molecule has 8 nitrogen and oxygen atoms in total. The minimum atomic E-state index is -0.578. The van der Waals surface area contributed by atoms with Crippen LogP contribution in [0.25, 0.3) is 11.0 Å². The Balaban J connectivity index is 1.41. The lowest BCUT2D eigenvalue weighted by molar-refractivity contribution is -0.384. The summed E-state index contributed by atoms with van der Waals surface area (Å²) in [5.74, 6) is 0.0688. The van der Waals surface area contributed by atoms with E-state index in [1.165, 1.54) is 36.0 Å². The van der Waals surface area contributed by atoms with Gasteiger partial charge in [0, 0.05) is 17.5 Å². The molecule has 0 saturated carbocycles. The Morgan fingerprint density at radius 3 is 2.50 bits per heavy atom. The molecule has 0 fully saturated rings. The average molecular weight is 587 g/mol. The topological polar surface area (TPSA) is 107 Å². The van der Waals surface area contributed by atoms with E-state index in [1.807, 2.05) is 43.3 Å². The molecule has 0 aliphatic rings. The third kappa shape index (κ3) is 5.52. The van der Waals surface area contributed by atoms with E-state index < -0.39 is 10.8 Å². The van der Waals surface area contributed by atoms with Crippen LogP contribution in [0, 0.1) is 17.0 Å². The zero-order chi connectivity index (χ0) is 24.2. The summed E-state index contributed by atoms with van der Waals surface area (Å²) < 4.78 is 12.8. The molecule has 0 bridgehead atoms. The molecule has 3 aromatic carbocycles. The standard InChI is InChI=1S/C24H17Br2N3O5/c1-14-2-4-15(5-3-14)13-33-23-19(25)8-16(9-20(23)26)12-27-28-24(30)22-11-17-10-18(29(31)32)6-7-21(17)34-22/h2-12H,13H2,1H3,(H,28,30)/b27-12+. The van der Waals surface area contributed by atoms with Crippen molar-refractivity contribution in [3.8, 4) is 5.75 Å². The molecule has 0 unspecified atom stereocenters. The number of rotatable bonds is 7. The number of hydrogen-bond acceptors (Lipinski definition) is 6. The zero-order valence-corrected chi connectivity index (χ0v) is 20.9. The fourth-order valence-corrected chi connectivity index (χ4v) is 4.56. The first kappa shape index (κ1) is 23.7. The number of furan rings is 1. The Hall–Kier alpha value is -3.50. The van der Waals surface area contributed by atoms with Gasteiger partial charge in [-0.2, -0.15) is 5.10 Å². The molecule has 0 saturated heterocycles. The predicted octanol–water partition coefficient (Wildman–Crippen LogP) is 6.52. The smallest absolute Gasteiger partial charge is 0.307 e. The summed E-state index contributed by atoms with van der Waals surface area (Å²) in [5.41, 5.74) is 5.63. The molecule has 1 aromatic heterocycles. The number of hydrazone groups is 1. The summed E-state index contributed by atoms with van der Waals surface area (Å²) in [4.78, 5) is 22.8. The number of nitro groups is 1. The lowest BCUT2D eigenvalue weighted by Gasteiger charge is -2.11. The second-order valence-electron chi connectivity index (χ2n) is 7.38. The maximum atomic E-state index is 12.4. The first-order chi connectivity index (χ1) is 16.3. The van der Waals surface area contributed by atoms with Gasteiger partial charge in [-0.05, 0) is 74.2 Å². The number of ether oxygens (including phenoxy) is 1. The van der Waals surface area contributed by atoms with Crippen LogP contribution in [0.2, 0.25) is 0 Å². The number of nitrogens with zero attached hydrogens (tertiary/aromatic N) is 2. The van der Waals surface area contributed by atoms with Crippen LogP contribution in [0.3, 0.4) is 0 Å². The highest BCUT2D eigenvalue weighted by Gasteiger charge is 2.15. The van der Waals surface area contributed by atoms with Crippen molar-refractivity contribution in [1.29, 1.82) is 0 Å². The van der Waals surface area contributed by atoms with Gasteiger partial charge in [-0.15, -0.1) is 0 Å². The molecular formula is C24H17Br2N3O5.